The molecule has 3 aromatic rings. The van der Waals surface area contributed by atoms with E-state index in [1.807, 2.05) is 24.3 Å². The normalized spacial score (nSPS) is 16.7. The van der Waals surface area contributed by atoms with Gasteiger partial charge in [0.25, 0.3) is 0 Å². The molecule has 1 aliphatic heterocycles. The smallest absolute Gasteiger partial charge is 0.229 e. The Labute approximate surface area is 166 Å². The summed E-state index contributed by atoms with van der Waals surface area (Å²) < 4.78 is 15.5. The number of benzene rings is 2. The van der Waals surface area contributed by atoms with Crippen molar-refractivity contribution in [2.75, 3.05) is 5.32 Å². The number of hydrogen-bond acceptors (Lipinski definition) is 5. The van der Waals surface area contributed by atoms with Gasteiger partial charge in [-0.1, -0.05) is 18.2 Å². The minimum absolute atomic E-state index is 0.162. The van der Waals surface area contributed by atoms with Crippen molar-refractivity contribution in [1.82, 2.24) is 14.9 Å². The second-order valence-corrected chi connectivity index (χ2v) is 7.54. The number of amides is 2. The van der Waals surface area contributed by atoms with Crippen molar-refractivity contribution in [2.24, 2.45) is 0 Å². The van der Waals surface area contributed by atoms with Crippen LogP contribution >= 0.6 is 0 Å². The van der Waals surface area contributed by atoms with Gasteiger partial charge in [-0.2, -0.15) is 0 Å². The fraction of sp³-hybridized carbons (Fsp3) is 0.273. The van der Waals surface area contributed by atoms with E-state index in [1.54, 1.807) is 12.1 Å². The monoisotopic (exact) mass is 390 g/mol. The van der Waals surface area contributed by atoms with Crippen LogP contribution in [0, 0.1) is 5.82 Å². The van der Waals surface area contributed by atoms with Crippen LogP contribution in [0.4, 0.5) is 10.2 Å². The van der Waals surface area contributed by atoms with Crippen LogP contribution in [0.15, 0.2) is 42.7 Å². The highest BCUT2D eigenvalue weighted by Gasteiger charge is 2.29. The lowest BCUT2D eigenvalue weighted by Gasteiger charge is -2.15. The molecule has 29 heavy (non-hydrogen) atoms. The van der Waals surface area contributed by atoms with Crippen LogP contribution in [0.5, 0.6) is 0 Å². The van der Waals surface area contributed by atoms with Crippen LogP contribution in [0.1, 0.15) is 31.2 Å². The van der Waals surface area contributed by atoms with Gasteiger partial charge in [-0.05, 0) is 42.2 Å². The minimum atomic E-state index is -0.378. The molecule has 1 saturated carbocycles. The maximum atomic E-state index is 15.5. The molecule has 0 bridgehead atoms. The second kappa shape index (κ2) is 6.92. The first-order valence-corrected chi connectivity index (χ1v) is 9.72. The lowest BCUT2D eigenvalue weighted by molar-refractivity contribution is -0.139. The molecule has 2 aliphatic rings. The number of nitrogens with zero attached hydrogens (tertiary/aromatic N) is 3. The highest BCUT2D eigenvalue weighted by molar-refractivity contribution is 6.01. The van der Waals surface area contributed by atoms with Crippen molar-refractivity contribution >= 4 is 28.5 Å². The molecular formula is C22H19FN4O2. The standard InChI is InChI=1S/C22H19FN4O2/c23-21-16(6-7-17-20(21)22(25-12-24-17)26-15-4-5-15)14-3-1-2-13(10-14)11-27-18(28)8-9-19(27)29/h1-3,6-7,10,12,15H,4-5,8-9,11H2,(H,24,25,26). The van der Waals surface area contributed by atoms with Crippen molar-refractivity contribution in [3.05, 3.63) is 54.1 Å². The zero-order chi connectivity index (χ0) is 20.0. The molecule has 2 fully saturated rings. The molecular weight excluding hydrogens is 371 g/mol. The van der Waals surface area contributed by atoms with Gasteiger partial charge in [-0.25, -0.2) is 14.4 Å². The summed E-state index contributed by atoms with van der Waals surface area (Å²) in [6, 6.07) is 11.1. The predicted octanol–water partition coefficient (Wildman–Crippen LogP) is 3.66. The summed E-state index contributed by atoms with van der Waals surface area (Å²) in [4.78, 5) is 33.5. The quantitative estimate of drug-likeness (QED) is 0.673. The number of fused-ring (bicyclic) bond motifs is 1. The number of carbonyl (C=O) groups is 2. The zero-order valence-corrected chi connectivity index (χ0v) is 15.7. The van der Waals surface area contributed by atoms with Gasteiger partial charge in [0.05, 0.1) is 17.4 Å². The molecule has 5 rings (SSSR count). The Kier molecular flexibility index (Phi) is 4.23. The summed E-state index contributed by atoms with van der Waals surface area (Å²) in [5.74, 6) is -0.187. The Morgan fingerprint density at radius 2 is 1.86 bits per heavy atom. The first kappa shape index (κ1) is 17.7. The molecule has 0 unspecified atom stereocenters. The van der Waals surface area contributed by atoms with Gasteiger partial charge in [-0.3, -0.25) is 14.5 Å². The van der Waals surface area contributed by atoms with E-state index in [0.717, 1.165) is 18.4 Å². The summed E-state index contributed by atoms with van der Waals surface area (Å²) >= 11 is 0. The average molecular weight is 390 g/mol. The number of halogens is 1. The van der Waals surface area contributed by atoms with Crippen molar-refractivity contribution in [3.63, 3.8) is 0 Å². The molecule has 1 N–H and O–H groups in total. The Bertz CT molecular complexity index is 1130. The maximum absolute atomic E-state index is 15.5. The summed E-state index contributed by atoms with van der Waals surface area (Å²) in [5.41, 5.74) is 2.45. The van der Waals surface area contributed by atoms with Crippen molar-refractivity contribution in [1.29, 1.82) is 0 Å². The second-order valence-electron chi connectivity index (χ2n) is 7.54. The Balaban J connectivity index is 1.53. The number of anilines is 1. The lowest BCUT2D eigenvalue weighted by atomic mass is 10.00. The fourth-order valence-corrected chi connectivity index (χ4v) is 3.68. The lowest BCUT2D eigenvalue weighted by Crippen LogP contribution is -2.28. The Morgan fingerprint density at radius 3 is 2.62 bits per heavy atom. The topological polar surface area (TPSA) is 75.2 Å². The van der Waals surface area contributed by atoms with Gasteiger partial charge >= 0.3 is 0 Å². The van der Waals surface area contributed by atoms with Gasteiger partial charge in [0.15, 0.2) is 0 Å². The number of imide groups is 1. The predicted molar refractivity (Wildman–Crippen MR) is 106 cm³/mol. The van der Waals surface area contributed by atoms with Crippen LogP contribution in [-0.2, 0) is 16.1 Å². The van der Waals surface area contributed by atoms with E-state index in [2.05, 4.69) is 15.3 Å². The Hall–Kier alpha value is -3.35. The zero-order valence-electron chi connectivity index (χ0n) is 15.7. The van der Waals surface area contributed by atoms with Gasteiger partial charge in [0, 0.05) is 24.4 Å². The molecule has 0 spiro atoms. The first-order valence-electron chi connectivity index (χ1n) is 9.72. The maximum Gasteiger partial charge on any atom is 0.229 e. The van der Waals surface area contributed by atoms with E-state index in [1.165, 1.54) is 11.2 Å². The van der Waals surface area contributed by atoms with Crippen LogP contribution in [0.3, 0.4) is 0 Å². The average Bonchev–Trinajstić information content (AvgIpc) is 3.49. The van der Waals surface area contributed by atoms with Gasteiger partial charge in [0.2, 0.25) is 11.8 Å². The van der Waals surface area contributed by atoms with Crippen LogP contribution < -0.4 is 5.32 Å². The van der Waals surface area contributed by atoms with Gasteiger partial charge < -0.3 is 5.32 Å². The summed E-state index contributed by atoms with van der Waals surface area (Å²) in [6.07, 6.45) is 4.08. The molecule has 1 saturated heterocycles. The van der Waals surface area contributed by atoms with E-state index >= 15 is 4.39 Å². The highest BCUT2D eigenvalue weighted by atomic mass is 19.1. The van der Waals surface area contributed by atoms with Crippen molar-refractivity contribution < 1.29 is 14.0 Å². The fourth-order valence-electron chi connectivity index (χ4n) is 3.68. The molecule has 2 amide bonds. The number of nitrogens with one attached hydrogen (secondary N) is 1. The largest absolute Gasteiger partial charge is 0.367 e. The molecule has 2 heterocycles. The molecule has 1 aliphatic carbocycles. The highest BCUT2D eigenvalue weighted by Crippen LogP contribution is 2.34. The van der Waals surface area contributed by atoms with Gasteiger partial charge in [0.1, 0.15) is 18.0 Å². The number of aromatic nitrogens is 2. The summed E-state index contributed by atoms with van der Waals surface area (Å²) in [7, 11) is 0. The minimum Gasteiger partial charge on any atom is -0.367 e. The third-order valence-corrected chi connectivity index (χ3v) is 5.39. The molecule has 2 aromatic carbocycles. The van der Waals surface area contributed by atoms with Crippen molar-refractivity contribution in [2.45, 2.75) is 38.3 Å². The van der Waals surface area contributed by atoms with E-state index in [9.17, 15) is 9.59 Å². The SMILES string of the molecule is O=C1CCC(=O)N1Cc1cccc(-c2ccc3ncnc(NC4CC4)c3c2F)c1. The molecule has 6 nitrogen and oxygen atoms in total. The molecule has 0 radical (unpaired) electrons. The number of carbonyl (C=O) groups excluding carboxylic acids is 2. The Morgan fingerprint density at radius 1 is 1.07 bits per heavy atom. The molecule has 146 valence electrons. The van der Waals surface area contributed by atoms with Crippen LogP contribution in [0.25, 0.3) is 22.0 Å². The summed E-state index contributed by atoms with van der Waals surface area (Å²) in [5, 5.41) is 3.66. The van der Waals surface area contributed by atoms with E-state index in [4.69, 9.17) is 0 Å². The van der Waals surface area contributed by atoms with Crippen molar-refractivity contribution in [3.8, 4) is 11.1 Å². The van der Waals surface area contributed by atoms with Crippen LogP contribution in [0.2, 0.25) is 0 Å². The number of rotatable bonds is 5. The summed E-state index contributed by atoms with van der Waals surface area (Å²) in [6.45, 7) is 0.207. The number of hydrogen-bond donors (Lipinski definition) is 1. The third kappa shape index (κ3) is 3.33. The molecule has 7 heteroatoms. The molecule has 1 aromatic heterocycles. The van der Waals surface area contributed by atoms with Gasteiger partial charge in [-0.15, -0.1) is 0 Å². The first-order chi connectivity index (χ1) is 14.1. The van der Waals surface area contributed by atoms with Crippen LogP contribution in [-0.4, -0.2) is 32.7 Å². The van der Waals surface area contributed by atoms with E-state index in [0.29, 0.717) is 33.9 Å². The molecule has 0 atom stereocenters. The van der Waals surface area contributed by atoms with E-state index < -0.39 is 0 Å². The third-order valence-electron chi connectivity index (χ3n) is 5.39. The van der Waals surface area contributed by atoms with E-state index in [-0.39, 0.29) is 37.0 Å². The number of likely N-dealkylation sites (tertiary alicyclic amines) is 1.